The number of nitrogens with one attached hydrogen (secondary N) is 1. The second-order valence-electron chi connectivity index (χ2n) is 4.30. The van der Waals surface area contributed by atoms with Gasteiger partial charge >= 0.3 is 0 Å². The van der Waals surface area contributed by atoms with Gasteiger partial charge in [-0.25, -0.2) is 5.84 Å². The average molecular weight is 345 g/mol. The highest BCUT2D eigenvalue weighted by molar-refractivity contribution is 9.10. The van der Waals surface area contributed by atoms with Crippen molar-refractivity contribution < 1.29 is 14.3 Å². The number of halogens is 1. The molecule has 0 aliphatic carbocycles. The molecule has 0 radical (unpaired) electrons. The van der Waals surface area contributed by atoms with E-state index in [1.54, 1.807) is 12.1 Å². The van der Waals surface area contributed by atoms with Crippen LogP contribution in [0.1, 0.15) is 35.7 Å². The summed E-state index contributed by atoms with van der Waals surface area (Å²) in [7, 11) is 0. The van der Waals surface area contributed by atoms with Crippen molar-refractivity contribution in [2.75, 3.05) is 19.8 Å². The number of benzene rings is 1. The molecule has 0 fully saturated rings. The number of ether oxygens (including phenoxy) is 2. The van der Waals surface area contributed by atoms with Gasteiger partial charge in [-0.2, -0.15) is 0 Å². The lowest BCUT2D eigenvalue weighted by atomic mass is 10.1. The Morgan fingerprint density at radius 2 is 2.05 bits per heavy atom. The molecule has 0 saturated carbocycles. The molecule has 0 saturated heterocycles. The summed E-state index contributed by atoms with van der Waals surface area (Å²) in [6.45, 7) is 4.55. The zero-order valence-corrected chi connectivity index (χ0v) is 13.2. The Balaban J connectivity index is 2.32. The molecule has 0 bridgehead atoms. The molecule has 1 aromatic rings. The third-order valence-electron chi connectivity index (χ3n) is 2.72. The number of carbonyl (C=O) groups excluding carboxylic acids is 1. The first kappa shape index (κ1) is 17.1. The number of unbranched alkanes of at least 4 members (excludes halogenated alkanes) is 1. The van der Waals surface area contributed by atoms with Gasteiger partial charge in [0, 0.05) is 16.6 Å². The largest absolute Gasteiger partial charge is 0.379 e. The molecule has 0 aromatic heterocycles. The van der Waals surface area contributed by atoms with Crippen molar-refractivity contribution in [3.8, 4) is 0 Å². The SMILES string of the molecule is CCCCOCCOCc1ccc(C(=O)NN)cc1Br. The first-order chi connectivity index (χ1) is 9.69. The zero-order valence-electron chi connectivity index (χ0n) is 11.7. The molecule has 20 heavy (non-hydrogen) atoms. The molecular formula is C14H21BrN2O3. The smallest absolute Gasteiger partial charge is 0.265 e. The molecule has 6 heteroatoms. The lowest BCUT2D eigenvalue weighted by Gasteiger charge is -2.08. The number of nitrogen functional groups attached to an aromatic ring is 1. The Hall–Kier alpha value is -0.950. The summed E-state index contributed by atoms with van der Waals surface area (Å²) in [5.41, 5.74) is 3.58. The molecule has 0 spiro atoms. The Bertz CT molecular complexity index is 427. The van der Waals surface area contributed by atoms with Crippen molar-refractivity contribution in [1.29, 1.82) is 0 Å². The van der Waals surface area contributed by atoms with Gasteiger partial charge < -0.3 is 9.47 Å². The van der Waals surface area contributed by atoms with Crippen LogP contribution in [0.15, 0.2) is 22.7 Å². The van der Waals surface area contributed by atoms with E-state index in [-0.39, 0.29) is 5.91 Å². The average Bonchev–Trinajstić information content (AvgIpc) is 2.46. The van der Waals surface area contributed by atoms with E-state index in [1.807, 2.05) is 6.07 Å². The summed E-state index contributed by atoms with van der Waals surface area (Å²) in [6.07, 6.45) is 2.22. The molecule has 1 amide bonds. The molecule has 1 aromatic carbocycles. The highest BCUT2D eigenvalue weighted by Gasteiger charge is 2.07. The monoisotopic (exact) mass is 344 g/mol. The number of hydrogen-bond acceptors (Lipinski definition) is 4. The van der Waals surface area contributed by atoms with Gasteiger partial charge in [0.05, 0.1) is 19.8 Å². The topological polar surface area (TPSA) is 73.6 Å². The highest BCUT2D eigenvalue weighted by atomic mass is 79.9. The minimum absolute atomic E-state index is 0.317. The van der Waals surface area contributed by atoms with E-state index in [9.17, 15) is 4.79 Å². The van der Waals surface area contributed by atoms with Crippen LogP contribution in [0, 0.1) is 0 Å². The molecule has 5 nitrogen and oxygen atoms in total. The molecule has 0 unspecified atom stereocenters. The van der Waals surface area contributed by atoms with Gasteiger partial charge in [0.2, 0.25) is 0 Å². The van der Waals surface area contributed by atoms with Crippen molar-refractivity contribution in [3.05, 3.63) is 33.8 Å². The van der Waals surface area contributed by atoms with Crippen LogP contribution in [0.2, 0.25) is 0 Å². The highest BCUT2D eigenvalue weighted by Crippen LogP contribution is 2.19. The van der Waals surface area contributed by atoms with Crippen molar-refractivity contribution in [2.24, 2.45) is 5.84 Å². The Morgan fingerprint density at radius 1 is 1.30 bits per heavy atom. The number of amides is 1. The predicted octanol–water partition coefficient (Wildman–Crippen LogP) is 2.39. The summed E-state index contributed by atoms with van der Waals surface area (Å²) in [5.74, 6) is 4.77. The fourth-order valence-electron chi connectivity index (χ4n) is 1.54. The van der Waals surface area contributed by atoms with Crippen LogP contribution in [0.25, 0.3) is 0 Å². The molecule has 0 aliphatic heterocycles. The quantitative estimate of drug-likeness (QED) is 0.312. The van der Waals surface area contributed by atoms with Gasteiger partial charge in [0.1, 0.15) is 0 Å². The lowest BCUT2D eigenvalue weighted by Crippen LogP contribution is -2.29. The standard InChI is InChI=1S/C14H21BrN2O3/c1-2-3-6-19-7-8-20-10-12-5-4-11(9-13(12)15)14(18)17-16/h4-5,9H,2-3,6-8,10,16H2,1H3,(H,17,18). The normalized spacial score (nSPS) is 10.6. The third kappa shape index (κ3) is 6.00. The zero-order chi connectivity index (χ0) is 14.8. The number of hydrogen-bond donors (Lipinski definition) is 2. The first-order valence-electron chi connectivity index (χ1n) is 6.64. The molecule has 112 valence electrons. The van der Waals surface area contributed by atoms with E-state index < -0.39 is 0 Å². The predicted molar refractivity (Wildman–Crippen MR) is 81.2 cm³/mol. The van der Waals surface area contributed by atoms with Crippen LogP contribution in [-0.2, 0) is 16.1 Å². The fraction of sp³-hybridized carbons (Fsp3) is 0.500. The fourth-order valence-corrected chi connectivity index (χ4v) is 2.03. The van der Waals surface area contributed by atoms with Crippen LogP contribution >= 0.6 is 15.9 Å². The van der Waals surface area contributed by atoms with Crippen LogP contribution in [0.3, 0.4) is 0 Å². The van der Waals surface area contributed by atoms with Crippen LogP contribution in [-0.4, -0.2) is 25.7 Å². The maximum atomic E-state index is 11.4. The number of rotatable bonds is 9. The maximum Gasteiger partial charge on any atom is 0.265 e. The van der Waals surface area contributed by atoms with Crippen molar-refractivity contribution in [1.82, 2.24) is 5.43 Å². The minimum Gasteiger partial charge on any atom is -0.379 e. The first-order valence-corrected chi connectivity index (χ1v) is 7.43. The van der Waals surface area contributed by atoms with Crippen molar-refractivity contribution >= 4 is 21.8 Å². The van der Waals surface area contributed by atoms with Gasteiger partial charge in [-0.15, -0.1) is 0 Å². The van der Waals surface area contributed by atoms with Gasteiger partial charge in [-0.1, -0.05) is 35.3 Å². The molecule has 3 N–H and O–H groups in total. The van der Waals surface area contributed by atoms with E-state index in [0.717, 1.165) is 29.5 Å². The summed E-state index contributed by atoms with van der Waals surface area (Å²) < 4.78 is 11.8. The Morgan fingerprint density at radius 3 is 2.70 bits per heavy atom. The molecule has 1 rings (SSSR count). The maximum absolute atomic E-state index is 11.4. The molecular weight excluding hydrogens is 324 g/mol. The van der Waals surface area contributed by atoms with Crippen LogP contribution < -0.4 is 11.3 Å². The van der Waals surface area contributed by atoms with Gasteiger partial charge in [0.25, 0.3) is 5.91 Å². The second-order valence-corrected chi connectivity index (χ2v) is 5.15. The van der Waals surface area contributed by atoms with E-state index in [1.165, 1.54) is 0 Å². The number of nitrogens with two attached hydrogens (primary N) is 1. The van der Waals surface area contributed by atoms with Gasteiger partial charge in [0.15, 0.2) is 0 Å². The molecule has 0 aliphatic rings. The summed E-state index contributed by atoms with van der Waals surface area (Å²) in [6, 6.07) is 5.27. The Kier molecular flexibility index (Phi) is 8.45. The molecule has 0 atom stereocenters. The number of carbonyl (C=O) groups is 1. The van der Waals surface area contributed by atoms with E-state index in [2.05, 4.69) is 28.3 Å². The Labute approximate surface area is 127 Å². The van der Waals surface area contributed by atoms with E-state index in [4.69, 9.17) is 15.3 Å². The third-order valence-corrected chi connectivity index (χ3v) is 3.46. The summed E-state index contributed by atoms with van der Waals surface area (Å²) in [5, 5.41) is 0. The van der Waals surface area contributed by atoms with Crippen LogP contribution in [0.5, 0.6) is 0 Å². The second kappa shape index (κ2) is 9.88. The lowest BCUT2D eigenvalue weighted by molar-refractivity contribution is 0.0395. The van der Waals surface area contributed by atoms with E-state index in [0.29, 0.717) is 25.4 Å². The van der Waals surface area contributed by atoms with Gasteiger partial charge in [-0.05, 0) is 24.1 Å². The van der Waals surface area contributed by atoms with Crippen LogP contribution in [0.4, 0.5) is 0 Å². The van der Waals surface area contributed by atoms with E-state index >= 15 is 0 Å². The van der Waals surface area contributed by atoms with Crippen molar-refractivity contribution in [3.63, 3.8) is 0 Å². The summed E-state index contributed by atoms with van der Waals surface area (Å²) >= 11 is 3.42. The molecule has 0 heterocycles. The number of hydrazine groups is 1. The minimum atomic E-state index is -0.317. The summed E-state index contributed by atoms with van der Waals surface area (Å²) in [4.78, 5) is 11.4. The van der Waals surface area contributed by atoms with Gasteiger partial charge in [-0.3, -0.25) is 10.2 Å². The van der Waals surface area contributed by atoms with Crippen molar-refractivity contribution in [2.45, 2.75) is 26.4 Å².